The minimum atomic E-state index is -0.786. The van der Waals surface area contributed by atoms with Crippen molar-refractivity contribution in [2.24, 2.45) is 0 Å². The second kappa shape index (κ2) is 14.6. The van der Waals surface area contributed by atoms with Crippen LogP contribution in [-0.2, 0) is 11.2 Å². The Balaban J connectivity index is -0.000000242. The molecule has 17 heavy (non-hydrogen) atoms. The molecule has 1 aromatic carbocycles. The average molecular weight is 245 g/mol. The second-order valence-electron chi connectivity index (χ2n) is 3.15. The van der Waals surface area contributed by atoms with Gasteiger partial charge in [0.2, 0.25) is 0 Å². The first-order valence-electron chi connectivity index (χ1n) is 4.91. The summed E-state index contributed by atoms with van der Waals surface area (Å²) in [6.45, 7) is 3.44. The van der Waals surface area contributed by atoms with Gasteiger partial charge in [-0.15, -0.1) is 0 Å². The minimum Gasteiger partial charge on any atom is -0.481 e. The number of hydrogen-bond donors (Lipinski definition) is 4. The third-order valence-corrected chi connectivity index (χ3v) is 1.20. The molecule has 0 aliphatic carbocycles. The van der Waals surface area contributed by atoms with E-state index in [4.69, 9.17) is 15.3 Å². The Morgan fingerprint density at radius 2 is 1.53 bits per heavy atom. The predicted octanol–water partition coefficient (Wildman–Crippen LogP) is 1.47. The van der Waals surface area contributed by atoms with Crippen molar-refractivity contribution in [3.05, 3.63) is 35.9 Å². The number of benzene rings is 1. The van der Waals surface area contributed by atoms with Crippen molar-refractivity contribution in [2.75, 3.05) is 7.11 Å². The largest absolute Gasteiger partial charge is 0.481 e. The molecule has 5 nitrogen and oxygen atoms in total. The van der Waals surface area contributed by atoms with E-state index >= 15 is 0 Å². The van der Waals surface area contributed by atoms with Crippen LogP contribution >= 0.6 is 0 Å². The van der Waals surface area contributed by atoms with Gasteiger partial charge in [-0.1, -0.05) is 30.3 Å². The van der Waals surface area contributed by atoms with Crippen molar-refractivity contribution in [3.8, 4) is 0 Å². The first-order valence-corrected chi connectivity index (χ1v) is 4.91. The summed E-state index contributed by atoms with van der Waals surface area (Å²) in [4.78, 5) is 10.2. The summed E-state index contributed by atoms with van der Waals surface area (Å²) < 4.78 is 0. The fourth-order valence-corrected chi connectivity index (χ4v) is 0.770. The van der Waals surface area contributed by atoms with E-state index in [0.29, 0.717) is 0 Å². The van der Waals surface area contributed by atoms with E-state index in [1.54, 1.807) is 26.0 Å². The number of aliphatic hydroxyl groups is 2. The smallest absolute Gasteiger partial charge is 0.307 e. The third kappa shape index (κ3) is 20.6. The zero-order valence-electron chi connectivity index (χ0n) is 10.6. The van der Waals surface area contributed by atoms with Gasteiger partial charge < -0.3 is 21.5 Å². The fraction of sp³-hybridized carbons (Fsp3) is 0.417. The number of hydrogen-bond acceptors (Lipinski definition) is 4. The number of aliphatic carboxylic acids is 1. The van der Waals surface area contributed by atoms with Crippen molar-refractivity contribution < 1.29 is 20.1 Å². The maximum Gasteiger partial charge on any atom is 0.307 e. The van der Waals surface area contributed by atoms with Crippen LogP contribution in [0.3, 0.4) is 0 Å². The Morgan fingerprint density at radius 3 is 1.82 bits per heavy atom. The molecule has 0 saturated heterocycles. The van der Waals surface area contributed by atoms with Crippen molar-refractivity contribution in [2.45, 2.75) is 26.4 Å². The summed E-state index contributed by atoms with van der Waals surface area (Å²) >= 11 is 0. The van der Waals surface area contributed by atoms with Gasteiger partial charge in [0.1, 0.15) is 0 Å². The topological polar surface area (TPSA) is 113 Å². The van der Waals surface area contributed by atoms with Gasteiger partial charge in [-0.3, -0.25) is 4.79 Å². The van der Waals surface area contributed by atoms with Crippen LogP contribution in [0.5, 0.6) is 0 Å². The molecular formula is C12H23NO4. The van der Waals surface area contributed by atoms with Gasteiger partial charge in [-0.05, 0) is 19.4 Å². The molecule has 0 aliphatic rings. The van der Waals surface area contributed by atoms with Crippen molar-refractivity contribution in [3.63, 3.8) is 0 Å². The summed E-state index contributed by atoms with van der Waals surface area (Å²) in [7, 11) is 1.00. The van der Waals surface area contributed by atoms with Crippen molar-refractivity contribution in [1.29, 1.82) is 0 Å². The van der Waals surface area contributed by atoms with Gasteiger partial charge in [0, 0.05) is 13.2 Å². The first-order chi connectivity index (χ1) is 7.52. The van der Waals surface area contributed by atoms with Crippen molar-refractivity contribution in [1.82, 2.24) is 6.15 Å². The Bertz CT molecular complexity index is 260. The standard InChI is InChI=1S/C8H8O2.C3H8O.CH4O.H3N/c9-8(10)6-7-4-2-1-3-5-7;1-3(2)4;1-2;/h1-5H,6H2,(H,9,10);3-4H,1-2H3;2H,1H3;1H3. The molecule has 0 heterocycles. The number of carboxylic acid groups (broad SMARTS) is 1. The highest BCUT2D eigenvalue weighted by atomic mass is 16.4. The third-order valence-electron chi connectivity index (χ3n) is 1.20. The molecule has 1 aromatic rings. The summed E-state index contributed by atoms with van der Waals surface area (Å²) in [5.41, 5.74) is 0.843. The lowest BCUT2D eigenvalue weighted by molar-refractivity contribution is -0.136. The number of carboxylic acids is 1. The normalized spacial score (nSPS) is 7.88. The molecule has 0 unspecified atom stereocenters. The summed E-state index contributed by atoms with van der Waals surface area (Å²) in [6, 6.07) is 9.13. The monoisotopic (exact) mass is 245 g/mol. The van der Waals surface area contributed by atoms with E-state index in [2.05, 4.69) is 0 Å². The molecule has 0 amide bonds. The molecule has 0 aliphatic heterocycles. The molecule has 0 fully saturated rings. The minimum absolute atomic E-state index is 0. The van der Waals surface area contributed by atoms with E-state index in [-0.39, 0.29) is 18.7 Å². The SMILES string of the molecule is CC(C)O.CO.N.O=C(O)Cc1ccccc1. The van der Waals surface area contributed by atoms with Crippen LogP contribution in [-0.4, -0.2) is 34.5 Å². The predicted molar refractivity (Wildman–Crippen MR) is 68.3 cm³/mol. The summed E-state index contributed by atoms with van der Waals surface area (Å²) in [5.74, 6) is -0.786. The van der Waals surface area contributed by atoms with Crippen LogP contribution < -0.4 is 6.15 Å². The highest BCUT2D eigenvalue weighted by Gasteiger charge is 1.96. The number of aliphatic hydroxyl groups excluding tert-OH is 2. The average Bonchev–Trinajstić information content (AvgIpc) is 2.20. The van der Waals surface area contributed by atoms with Gasteiger partial charge in [0.05, 0.1) is 6.42 Å². The molecular weight excluding hydrogens is 222 g/mol. The van der Waals surface area contributed by atoms with E-state index in [9.17, 15) is 4.79 Å². The number of carbonyl (C=O) groups is 1. The molecule has 0 atom stereocenters. The van der Waals surface area contributed by atoms with Crippen molar-refractivity contribution >= 4 is 5.97 Å². The molecule has 5 heteroatoms. The number of rotatable bonds is 2. The molecule has 6 N–H and O–H groups in total. The highest BCUT2D eigenvalue weighted by Crippen LogP contribution is 1.98. The second-order valence-corrected chi connectivity index (χ2v) is 3.15. The molecule has 100 valence electrons. The van der Waals surface area contributed by atoms with Crippen LogP contribution in [0.2, 0.25) is 0 Å². The summed E-state index contributed by atoms with van der Waals surface area (Å²) in [6.07, 6.45) is -0.0547. The van der Waals surface area contributed by atoms with Gasteiger partial charge in [-0.2, -0.15) is 0 Å². The van der Waals surface area contributed by atoms with Crippen LogP contribution in [0.25, 0.3) is 0 Å². The van der Waals surface area contributed by atoms with Crippen LogP contribution in [0.1, 0.15) is 19.4 Å². The molecule has 0 spiro atoms. The van der Waals surface area contributed by atoms with Gasteiger partial charge in [0.25, 0.3) is 0 Å². The zero-order chi connectivity index (χ0) is 13.0. The van der Waals surface area contributed by atoms with Gasteiger partial charge in [0.15, 0.2) is 0 Å². The lowest BCUT2D eigenvalue weighted by Crippen LogP contribution is -1.98. The highest BCUT2D eigenvalue weighted by molar-refractivity contribution is 5.70. The lowest BCUT2D eigenvalue weighted by atomic mass is 10.2. The molecule has 0 aromatic heterocycles. The van der Waals surface area contributed by atoms with Crippen LogP contribution in [0, 0.1) is 0 Å². The van der Waals surface area contributed by atoms with Crippen LogP contribution in [0.15, 0.2) is 30.3 Å². The Hall–Kier alpha value is -1.43. The Kier molecular flexibility index (Phi) is 17.9. The lowest BCUT2D eigenvalue weighted by Gasteiger charge is -1.92. The molecule has 1 rings (SSSR count). The molecule has 0 saturated carbocycles. The summed E-state index contributed by atoms with van der Waals surface area (Å²) in [5, 5.41) is 23.4. The van der Waals surface area contributed by atoms with E-state index in [1.807, 2.05) is 18.2 Å². The molecule has 0 bridgehead atoms. The fourth-order valence-electron chi connectivity index (χ4n) is 0.770. The quantitative estimate of drug-likeness (QED) is 0.630. The maximum atomic E-state index is 10.2. The maximum absolute atomic E-state index is 10.2. The van der Waals surface area contributed by atoms with Crippen LogP contribution in [0.4, 0.5) is 0 Å². The van der Waals surface area contributed by atoms with E-state index in [0.717, 1.165) is 12.7 Å². The Morgan fingerprint density at radius 1 is 1.18 bits per heavy atom. The molecule has 0 radical (unpaired) electrons. The van der Waals surface area contributed by atoms with E-state index in [1.165, 1.54) is 0 Å². The zero-order valence-corrected chi connectivity index (χ0v) is 10.6. The van der Waals surface area contributed by atoms with E-state index < -0.39 is 5.97 Å². The van der Waals surface area contributed by atoms with Gasteiger partial charge in [-0.25, -0.2) is 0 Å². The first kappa shape index (κ1) is 20.9. The van der Waals surface area contributed by atoms with Gasteiger partial charge >= 0.3 is 5.97 Å². The Labute approximate surface area is 102 Å².